The van der Waals surface area contributed by atoms with Gasteiger partial charge in [0.1, 0.15) is 11.8 Å². The van der Waals surface area contributed by atoms with Gasteiger partial charge in [-0.25, -0.2) is 0 Å². The lowest BCUT2D eigenvalue weighted by atomic mass is 9.95. The maximum atomic E-state index is 13.1. The highest BCUT2D eigenvalue weighted by Crippen LogP contribution is 2.24. The van der Waals surface area contributed by atoms with Crippen molar-refractivity contribution < 1.29 is 14.3 Å². The van der Waals surface area contributed by atoms with Gasteiger partial charge < -0.3 is 20.3 Å². The molecule has 2 aliphatic rings. The number of ether oxygens (including phenoxy) is 1. The molecule has 6 nitrogen and oxygen atoms in total. The van der Waals surface area contributed by atoms with Crippen LogP contribution >= 0.6 is 0 Å². The van der Waals surface area contributed by atoms with Gasteiger partial charge in [-0.1, -0.05) is 30.3 Å². The van der Waals surface area contributed by atoms with Gasteiger partial charge in [0.15, 0.2) is 0 Å². The van der Waals surface area contributed by atoms with E-state index in [0.717, 1.165) is 6.42 Å². The first-order valence-electron chi connectivity index (χ1n) is 9.71. The molecule has 0 radical (unpaired) electrons. The number of hydrogen-bond donors (Lipinski definition) is 2. The molecule has 6 heteroatoms. The molecule has 4 rings (SSSR count). The van der Waals surface area contributed by atoms with Crippen LogP contribution in [0.2, 0.25) is 0 Å². The lowest BCUT2D eigenvalue weighted by Crippen LogP contribution is -2.53. The highest BCUT2D eigenvalue weighted by molar-refractivity contribution is 5.98. The predicted octanol–water partition coefficient (Wildman–Crippen LogP) is 2.34. The van der Waals surface area contributed by atoms with E-state index in [1.165, 1.54) is 11.1 Å². The summed E-state index contributed by atoms with van der Waals surface area (Å²) in [7, 11) is 1.59. The molecule has 2 aromatic rings. The summed E-state index contributed by atoms with van der Waals surface area (Å²) in [6, 6.07) is 14.7. The summed E-state index contributed by atoms with van der Waals surface area (Å²) in [5, 5.41) is 6.27. The number of hydrogen-bond acceptors (Lipinski definition) is 4. The second-order valence-electron chi connectivity index (χ2n) is 7.32. The molecular formula is C22H25N3O3. The number of carbonyl (C=O) groups is 2. The van der Waals surface area contributed by atoms with E-state index in [0.29, 0.717) is 37.4 Å². The number of nitrogens with one attached hydrogen (secondary N) is 2. The molecule has 146 valence electrons. The van der Waals surface area contributed by atoms with Crippen LogP contribution in [0.25, 0.3) is 0 Å². The van der Waals surface area contributed by atoms with Crippen LogP contribution in [0.15, 0.2) is 48.5 Å². The number of amides is 2. The van der Waals surface area contributed by atoms with E-state index >= 15 is 0 Å². The Morgan fingerprint density at radius 2 is 1.96 bits per heavy atom. The fourth-order valence-corrected chi connectivity index (χ4v) is 4.06. The zero-order valence-corrected chi connectivity index (χ0v) is 16.0. The Balaban J connectivity index is 1.44. The Morgan fingerprint density at radius 1 is 1.14 bits per heavy atom. The maximum absolute atomic E-state index is 13.1. The van der Waals surface area contributed by atoms with Crippen LogP contribution in [-0.4, -0.2) is 42.5 Å². The average molecular weight is 379 g/mol. The Labute approximate surface area is 164 Å². The van der Waals surface area contributed by atoms with E-state index in [1.54, 1.807) is 18.1 Å². The number of benzene rings is 2. The Hall–Kier alpha value is -2.86. The summed E-state index contributed by atoms with van der Waals surface area (Å²) in [6.07, 6.45) is 2.19. The molecule has 0 spiro atoms. The minimum Gasteiger partial charge on any atom is -0.497 e. The molecular weight excluding hydrogens is 354 g/mol. The van der Waals surface area contributed by atoms with Crippen molar-refractivity contribution in [1.29, 1.82) is 0 Å². The lowest BCUT2D eigenvalue weighted by molar-refractivity contribution is -0.138. The van der Waals surface area contributed by atoms with Crippen molar-refractivity contribution in [3.05, 3.63) is 59.7 Å². The van der Waals surface area contributed by atoms with Crippen LogP contribution in [0.1, 0.15) is 24.0 Å². The van der Waals surface area contributed by atoms with Gasteiger partial charge in [0.05, 0.1) is 13.2 Å². The third-order valence-electron chi connectivity index (χ3n) is 5.56. The summed E-state index contributed by atoms with van der Waals surface area (Å²) in [6.45, 7) is 1.30. The van der Waals surface area contributed by atoms with Crippen LogP contribution < -0.4 is 15.4 Å². The Morgan fingerprint density at radius 3 is 2.79 bits per heavy atom. The van der Waals surface area contributed by atoms with Crippen LogP contribution in [0, 0.1) is 0 Å². The molecule has 0 aromatic heterocycles. The number of anilines is 1. The molecule has 2 heterocycles. The van der Waals surface area contributed by atoms with Gasteiger partial charge in [0, 0.05) is 24.8 Å². The summed E-state index contributed by atoms with van der Waals surface area (Å²) >= 11 is 0. The minimum absolute atomic E-state index is 0.0118. The van der Waals surface area contributed by atoms with E-state index in [2.05, 4.69) is 22.8 Å². The van der Waals surface area contributed by atoms with Gasteiger partial charge in [0.2, 0.25) is 11.8 Å². The number of likely N-dealkylation sites (tertiary alicyclic amines) is 1. The van der Waals surface area contributed by atoms with E-state index in [-0.39, 0.29) is 17.9 Å². The molecule has 1 saturated heterocycles. The minimum atomic E-state index is -0.433. The van der Waals surface area contributed by atoms with Crippen molar-refractivity contribution in [2.24, 2.45) is 0 Å². The molecule has 2 atom stereocenters. The van der Waals surface area contributed by atoms with Crippen molar-refractivity contribution in [2.75, 3.05) is 19.0 Å². The number of methoxy groups -OCH3 is 1. The fourth-order valence-electron chi connectivity index (χ4n) is 4.06. The van der Waals surface area contributed by atoms with E-state index in [9.17, 15) is 9.59 Å². The molecule has 2 aromatic carbocycles. The maximum Gasteiger partial charge on any atom is 0.247 e. The first kappa shape index (κ1) is 18.5. The summed E-state index contributed by atoms with van der Waals surface area (Å²) in [5.41, 5.74) is 3.12. The largest absolute Gasteiger partial charge is 0.497 e. The molecule has 0 saturated carbocycles. The predicted molar refractivity (Wildman–Crippen MR) is 107 cm³/mol. The molecule has 0 bridgehead atoms. The number of nitrogens with zero attached hydrogens (tertiary/aromatic N) is 1. The van der Waals surface area contributed by atoms with Gasteiger partial charge in [-0.15, -0.1) is 0 Å². The highest BCUT2D eigenvalue weighted by Gasteiger charge is 2.38. The summed E-state index contributed by atoms with van der Waals surface area (Å²) in [5.74, 6) is 0.551. The summed E-state index contributed by atoms with van der Waals surface area (Å²) < 4.78 is 5.21. The van der Waals surface area contributed by atoms with Crippen molar-refractivity contribution in [1.82, 2.24) is 10.2 Å². The summed E-state index contributed by atoms with van der Waals surface area (Å²) in [4.78, 5) is 27.7. The van der Waals surface area contributed by atoms with Crippen molar-refractivity contribution >= 4 is 17.5 Å². The van der Waals surface area contributed by atoms with E-state index in [1.807, 2.05) is 30.3 Å². The molecule has 1 fully saturated rings. The number of carbonyl (C=O) groups excluding carboxylic acids is 2. The van der Waals surface area contributed by atoms with Crippen LogP contribution in [-0.2, 0) is 22.6 Å². The first-order chi connectivity index (χ1) is 13.7. The lowest BCUT2D eigenvalue weighted by Gasteiger charge is -2.31. The first-order valence-corrected chi connectivity index (χ1v) is 9.71. The SMILES string of the molecule is COc1cccc(NC(=O)C2CCCN2C(=O)C2Cc3ccccc3CN2)c1. The topological polar surface area (TPSA) is 70.7 Å². The van der Waals surface area contributed by atoms with Crippen LogP contribution in [0.3, 0.4) is 0 Å². The quantitative estimate of drug-likeness (QED) is 0.856. The zero-order valence-electron chi connectivity index (χ0n) is 16.0. The van der Waals surface area contributed by atoms with Gasteiger partial charge in [-0.2, -0.15) is 0 Å². The molecule has 2 N–H and O–H groups in total. The second-order valence-corrected chi connectivity index (χ2v) is 7.32. The van der Waals surface area contributed by atoms with E-state index in [4.69, 9.17) is 4.74 Å². The fraction of sp³-hybridized carbons (Fsp3) is 0.364. The smallest absolute Gasteiger partial charge is 0.247 e. The average Bonchev–Trinajstić information content (AvgIpc) is 3.23. The van der Waals surface area contributed by atoms with Gasteiger partial charge in [-0.3, -0.25) is 9.59 Å². The molecule has 2 unspecified atom stereocenters. The standard InChI is InChI=1S/C22H25N3O3/c1-28-18-9-4-8-17(13-18)24-21(26)20-10-5-11-25(20)22(27)19-12-15-6-2-3-7-16(15)14-23-19/h2-4,6-9,13,19-20,23H,5,10-12,14H2,1H3,(H,24,26). The highest BCUT2D eigenvalue weighted by atomic mass is 16.5. The van der Waals surface area contributed by atoms with Gasteiger partial charge in [-0.05, 0) is 42.5 Å². The Kier molecular flexibility index (Phi) is 5.30. The molecule has 0 aliphatic carbocycles. The second kappa shape index (κ2) is 8.02. The van der Waals surface area contributed by atoms with E-state index < -0.39 is 6.04 Å². The third-order valence-corrected chi connectivity index (χ3v) is 5.56. The number of rotatable bonds is 4. The monoisotopic (exact) mass is 379 g/mol. The van der Waals surface area contributed by atoms with Crippen LogP contribution in [0.5, 0.6) is 5.75 Å². The van der Waals surface area contributed by atoms with Crippen molar-refractivity contribution in [2.45, 2.75) is 37.9 Å². The van der Waals surface area contributed by atoms with Crippen LogP contribution in [0.4, 0.5) is 5.69 Å². The van der Waals surface area contributed by atoms with Crippen molar-refractivity contribution in [3.63, 3.8) is 0 Å². The number of fused-ring (bicyclic) bond motifs is 1. The molecule has 28 heavy (non-hydrogen) atoms. The van der Waals surface area contributed by atoms with Gasteiger partial charge in [0.25, 0.3) is 0 Å². The normalized spacial score (nSPS) is 21.1. The molecule has 2 aliphatic heterocycles. The van der Waals surface area contributed by atoms with Gasteiger partial charge >= 0.3 is 0 Å². The van der Waals surface area contributed by atoms with Crippen molar-refractivity contribution in [3.8, 4) is 5.75 Å². The third kappa shape index (κ3) is 3.73. The molecule has 2 amide bonds. The Bertz CT molecular complexity index is 883. The zero-order chi connectivity index (χ0) is 19.5.